The monoisotopic (exact) mass is 240 g/mol. The number of amidine groups is 1. The van der Waals surface area contributed by atoms with Gasteiger partial charge in [0.05, 0.1) is 5.41 Å². The summed E-state index contributed by atoms with van der Waals surface area (Å²) in [5, 5.41) is 0. The Balaban J connectivity index is 1.92. The third-order valence-electron chi connectivity index (χ3n) is 4.90. The Morgan fingerprint density at radius 2 is 1.83 bits per heavy atom. The Morgan fingerprint density at radius 1 is 1.00 bits per heavy atom. The van der Waals surface area contributed by atoms with Crippen LogP contribution in [0.2, 0.25) is 0 Å². The number of anilines is 1. The number of aliphatic imine (C=N–C) groups is 1. The minimum Gasteiger partial charge on any atom is -0.329 e. The molecule has 1 aromatic rings. The van der Waals surface area contributed by atoms with E-state index in [0.29, 0.717) is 0 Å². The van der Waals surface area contributed by atoms with Crippen LogP contribution in [-0.2, 0) is 5.41 Å². The van der Waals surface area contributed by atoms with E-state index < -0.39 is 0 Å². The van der Waals surface area contributed by atoms with Gasteiger partial charge in [-0.3, -0.25) is 4.99 Å². The average Bonchev–Trinajstić information content (AvgIpc) is 2.72. The van der Waals surface area contributed by atoms with Crippen molar-refractivity contribution in [1.29, 1.82) is 0 Å². The summed E-state index contributed by atoms with van der Waals surface area (Å²) in [6.45, 7) is 2.19. The first-order chi connectivity index (χ1) is 8.92. The molecule has 1 aromatic carbocycles. The van der Waals surface area contributed by atoms with Gasteiger partial charge in [0.15, 0.2) is 0 Å². The van der Waals surface area contributed by atoms with Crippen molar-refractivity contribution >= 4 is 11.5 Å². The SMILES string of the molecule is c1ccc2c(c1)N1CCCN=C1C21CCCCC1. The molecule has 0 atom stereocenters. The number of nitrogens with zero attached hydrogens (tertiary/aromatic N) is 2. The molecule has 0 saturated heterocycles. The zero-order valence-electron chi connectivity index (χ0n) is 10.9. The van der Waals surface area contributed by atoms with Crippen LogP contribution in [0.1, 0.15) is 44.1 Å². The fraction of sp³-hybridized carbons (Fsp3) is 0.562. The summed E-state index contributed by atoms with van der Waals surface area (Å²) in [6, 6.07) is 9.02. The molecule has 2 heterocycles. The van der Waals surface area contributed by atoms with Crippen LogP contribution >= 0.6 is 0 Å². The predicted octanol–water partition coefficient (Wildman–Crippen LogP) is 3.51. The van der Waals surface area contributed by atoms with Crippen molar-refractivity contribution in [3.05, 3.63) is 29.8 Å². The fourth-order valence-corrected chi connectivity index (χ4v) is 4.13. The lowest BCUT2D eigenvalue weighted by Gasteiger charge is -2.37. The van der Waals surface area contributed by atoms with Crippen molar-refractivity contribution < 1.29 is 0 Å². The normalized spacial score (nSPS) is 24.7. The van der Waals surface area contributed by atoms with E-state index >= 15 is 0 Å². The predicted molar refractivity (Wildman–Crippen MR) is 75.5 cm³/mol. The van der Waals surface area contributed by atoms with Crippen molar-refractivity contribution in [2.24, 2.45) is 4.99 Å². The minimum absolute atomic E-state index is 0.273. The van der Waals surface area contributed by atoms with Crippen LogP contribution in [0.15, 0.2) is 29.3 Å². The molecule has 1 aliphatic carbocycles. The van der Waals surface area contributed by atoms with E-state index in [-0.39, 0.29) is 5.41 Å². The Labute approximate surface area is 109 Å². The molecule has 0 amide bonds. The zero-order valence-corrected chi connectivity index (χ0v) is 10.9. The molecule has 1 spiro atoms. The summed E-state index contributed by atoms with van der Waals surface area (Å²) in [6.07, 6.45) is 7.94. The van der Waals surface area contributed by atoms with Gasteiger partial charge in [0.1, 0.15) is 5.84 Å². The first kappa shape index (κ1) is 10.6. The van der Waals surface area contributed by atoms with Crippen molar-refractivity contribution in [2.75, 3.05) is 18.0 Å². The van der Waals surface area contributed by atoms with E-state index in [4.69, 9.17) is 4.99 Å². The molecular formula is C16H20N2. The van der Waals surface area contributed by atoms with Gasteiger partial charge in [-0.05, 0) is 30.9 Å². The Bertz CT molecular complexity index is 498. The molecule has 1 fully saturated rings. The quantitative estimate of drug-likeness (QED) is 0.677. The van der Waals surface area contributed by atoms with Crippen molar-refractivity contribution in [3.8, 4) is 0 Å². The Kier molecular flexibility index (Phi) is 2.26. The van der Waals surface area contributed by atoms with Gasteiger partial charge in [0.25, 0.3) is 0 Å². The molecular weight excluding hydrogens is 220 g/mol. The van der Waals surface area contributed by atoms with Gasteiger partial charge < -0.3 is 4.90 Å². The van der Waals surface area contributed by atoms with Crippen molar-refractivity contribution in [2.45, 2.75) is 43.9 Å². The summed E-state index contributed by atoms with van der Waals surface area (Å²) in [5.41, 5.74) is 3.28. The fourth-order valence-electron chi connectivity index (χ4n) is 4.13. The molecule has 3 aliphatic rings. The second-order valence-corrected chi connectivity index (χ2v) is 5.87. The maximum Gasteiger partial charge on any atom is 0.114 e. The highest BCUT2D eigenvalue weighted by atomic mass is 15.2. The molecule has 2 heteroatoms. The lowest BCUT2D eigenvalue weighted by molar-refractivity contribution is 0.382. The van der Waals surface area contributed by atoms with Crippen LogP contribution in [0, 0.1) is 0 Å². The van der Waals surface area contributed by atoms with Crippen LogP contribution < -0.4 is 4.90 Å². The van der Waals surface area contributed by atoms with Gasteiger partial charge in [0.2, 0.25) is 0 Å². The van der Waals surface area contributed by atoms with E-state index in [9.17, 15) is 0 Å². The highest BCUT2D eigenvalue weighted by Gasteiger charge is 2.49. The molecule has 2 aliphatic heterocycles. The summed E-state index contributed by atoms with van der Waals surface area (Å²) < 4.78 is 0. The van der Waals surface area contributed by atoms with Gasteiger partial charge >= 0.3 is 0 Å². The van der Waals surface area contributed by atoms with Gasteiger partial charge in [0, 0.05) is 18.8 Å². The molecule has 0 radical (unpaired) electrons. The third-order valence-corrected chi connectivity index (χ3v) is 4.90. The van der Waals surface area contributed by atoms with E-state index in [1.165, 1.54) is 50.0 Å². The van der Waals surface area contributed by atoms with Gasteiger partial charge in [-0.15, -0.1) is 0 Å². The van der Waals surface area contributed by atoms with Gasteiger partial charge in [-0.1, -0.05) is 37.5 Å². The molecule has 0 unspecified atom stereocenters. The lowest BCUT2D eigenvalue weighted by Crippen LogP contribution is -2.44. The van der Waals surface area contributed by atoms with Gasteiger partial charge in [-0.25, -0.2) is 0 Å². The molecule has 0 aromatic heterocycles. The summed E-state index contributed by atoms with van der Waals surface area (Å²) in [4.78, 5) is 7.43. The molecule has 1 saturated carbocycles. The van der Waals surface area contributed by atoms with Crippen molar-refractivity contribution in [1.82, 2.24) is 0 Å². The largest absolute Gasteiger partial charge is 0.329 e. The maximum atomic E-state index is 4.93. The highest BCUT2D eigenvalue weighted by Crippen LogP contribution is 2.51. The topological polar surface area (TPSA) is 15.6 Å². The second-order valence-electron chi connectivity index (χ2n) is 5.87. The number of hydrogen-bond donors (Lipinski definition) is 0. The lowest BCUT2D eigenvalue weighted by atomic mass is 9.70. The zero-order chi connectivity index (χ0) is 12.0. The number of hydrogen-bond acceptors (Lipinski definition) is 2. The molecule has 0 bridgehead atoms. The number of para-hydroxylation sites is 1. The third kappa shape index (κ3) is 1.26. The highest BCUT2D eigenvalue weighted by molar-refractivity contribution is 6.12. The van der Waals surface area contributed by atoms with Crippen LogP contribution in [0.4, 0.5) is 5.69 Å². The summed E-state index contributed by atoms with van der Waals surface area (Å²) in [7, 11) is 0. The molecule has 0 N–H and O–H groups in total. The Morgan fingerprint density at radius 3 is 2.72 bits per heavy atom. The molecule has 4 rings (SSSR count). The van der Waals surface area contributed by atoms with E-state index in [1.807, 2.05) is 0 Å². The Hall–Kier alpha value is -1.31. The first-order valence-corrected chi connectivity index (χ1v) is 7.34. The van der Waals surface area contributed by atoms with Crippen LogP contribution in [-0.4, -0.2) is 18.9 Å². The number of benzene rings is 1. The summed E-state index contributed by atoms with van der Waals surface area (Å²) >= 11 is 0. The van der Waals surface area contributed by atoms with Crippen LogP contribution in [0.5, 0.6) is 0 Å². The van der Waals surface area contributed by atoms with E-state index in [2.05, 4.69) is 29.2 Å². The minimum atomic E-state index is 0.273. The molecule has 18 heavy (non-hydrogen) atoms. The van der Waals surface area contributed by atoms with Crippen molar-refractivity contribution in [3.63, 3.8) is 0 Å². The molecule has 94 valence electrons. The first-order valence-electron chi connectivity index (χ1n) is 7.34. The van der Waals surface area contributed by atoms with Crippen LogP contribution in [0.3, 0.4) is 0 Å². The number of fused-ring (bicyclic) bond motifs is 5. The van der Waals surface area contributed by atoms with E-state index in [0.717, 1.165) is 13.1 Å². The van der Waals surface area contributed by atoms with Gasteiger partial charge in [-0.2, -0.15) is 0 Å². The average molecular weight is 240 g/mol. The smallest absolute Gasteiger partial charge is 0.114 e. The van der Waals surface area contributed by atoms with E-state index in [1.54, 1.807) is 5.56 Å². The summed E-state index contributed by atoms with van der Waals surface area (Å²) in [5.74, 6) is 1.40. The van der Waals surface area contributed by atoms with Crippen LogP contribution in [0.25, 0.3) is 0 Å². The standard InChI is InChI=1S/C16H20N2/c1-4-9-16(10-5-1)13-7-2-3-8-14(13)18-12-6-11-17-15(16)18/h2-3,7-8H,1,4-6,9-12H2. The maximum absolute atomic E-state index is 4.93. The second kappa shape index (κ2) is 3.84. The molecule has 2 nitrogen and oxygen atoms in total. The number of rotatable bonds is 0.